The van der Waals surface area contributed by atoms with Gasteiger partial charge in [0.05, 0.1) is 19.3 Å². The van der Waals surface area contributed by atoms with E-state index >= 15 is 0 Å². The molecule has 1 unspecified atom stereocenters. The van der Waals surface area contributed by atoms with Gasteiger partial charge >= 0.3 is 0 Å². The predicted molar refractivity (Wildman–Crippen MR) is 70.9 cm³/mol. The fourth-order valence-corrected chi connectivity index (χ4v) is 1.47. The summed E-state index contributed by atoms with van der Waals surface area (Å²) in [6.07, 6.45) is 1.66. The third-order valence-electron chi connectivity index (χ3n) is 2.64. The SMILES string of the molecule is CCCOc1ccc(C(=O)NC(CC)CO)cc1. The van der Waals surface area contributed by atoms with Crippen molar-refractivity contribution < 1.29 is 14.6 Å². The van der Waals surface area contributed by atoms with Crippen LogP contribution in [0.3, 0.4) is 0 Å². The van der Waals surface area contributed by atoms with Crippen molar-refractivity contribution in [2.24, 2.45) is 0 Å². The number of carbonyl (C=O) groups excluding carboxylic acids is 1. The summed E-state index contributed by atoms with van der Waals surface area (Å²) in [5.74, 6) is 0.598. The maximum atomic E-state index is 11.8. The number of carbonyl (C=O) groups is 1. The molecule has 0 heterocycles. The standard InChI is InChI=1S/C14H21NO3/c1-3-9-18-13-7-5-11(6-8-13)14(17)15-12(4-2)10-16/h5-8,12,16H,3-4,9-10H2,1-2H3,(H,15,17). The van der Waals surface area contributed by atoms with Gasteiger partial charge in [0.15, 0.2) is 0 Å². The van der Waals surface area contributed by atoms with E-state index in [0.29, 0.717) is 18.6 Å². The zero-order valence-electron chi connectivity index (χ0n) is 11.0. The second kappa shape index (κ2) is 7.71. The zero-order chi connectivity index (χ0) is 13.4. The highest BCUT2D eigenvalue weighted by atomic mass is 16.5. The molecule has 100 valence electrons. The summed E-state index contributed by atoms with van der Waals surface area (Å²) in [6, 6.07) is 6.83. The highest BCUT2D eigenvalue weighted by molar-refractivity contribution is 5.94. The number of rotatable bonds is 7. The van der Waals surface area contributed by atoms with Gasteiger partial charge in [0.1, 0.15) is 5.75 Å². The lowest BCUT2D eigenvalue weighted by molar-refractivity contribution is 0.0915. The Bertz CT molecular complexity index is 358. The number of ether oxygens (including phenoxy) is 1. The molecule has 0 fully saturated rings. The van der Waals surface area contributed by atoms with Gasteiger partial charge in [0.2, 0.25) is 0 Å². The van der Waals surface area contributed by atoms with Crippen molar-refractivity contribution in [1.82, 2.24) is 5.32 Å². The third kappa shape index (κ3) is 4.37. The third-order valence-corrected chi connectivity index (χ3v) is 2.64. The Balaban J connectivity index is 2.58. The molecule has 1 aromatic rings. The Morgan fingerprint density at radius 3 is 2.50 bits per heavy atom. The number of hydrogen-bond donors (Lipinski definition) is 2. The van der Waals surface area contributed by atoms with Crippen LogP contribution in [-0.4, -0.2) is 30.3 Å². The van der Waals surface area contributed by atoms with Crippen LogP contribution in [0.4, 0.5) is 0 Å². The molecule has 1 amide bonds. The first kappa shape index (κ1) is 14.5. The number of aliphatic hydroxyl groups excluding tert-OH is 1. The maximum absolute atomic E-state index is 11.8. The van der Waals surface area contributed by atoms with Crippen LogP contribution < -0.4 is 10.1 Å². The molecule has 0 aliphatic heterocycles. The molecule has 4 nitrogen and oxygen atoms in total. The summed E-state index contributed by atoms with van der Waals surface area (Å²) in [7, 11) is 0. The van der Waals surface area contributed by atoms with Crippen LogP contribution in [0.5, 0.6) is 5.75 Å². The van der Waals surface area contributed by atoms with Gasteiger partial charge in [-0.15, -0.1) is 0 Å². The second-order valence-electron chi connectivity index (χ2n) is 4.13. The molecular formula is C14H21NO3. The van der Waals surface area contributed by atoms with Crippen LogP contribution in [0.15, 0.2) is 24.3 Å². The first-order chi connectivity index (χ1) is 8.71. The van der Waals surface area contributed by atoms with Crippen molar-refractivity contribution in [3.8, 4) is 5.75 Å². The maximum Gasteiger partial charge on any atom is 0.251 e. The Hall–Kier alpha value is -1.55. The average Bonchev–Trinajstić information content (AvgIpc) is 2.42. The van der Waals surface area contributed by atoms with E-state index in [4.69, 9.17) is 9.84 Å². The normalized spacial score (nSPS) is 11.9. The van der Waals surface area contributed by atoms with Crippen molar-refractivity contribution in [1.29, 1.82) is 0 Å². The topological polar surface area (TPSA) is 58.6 Å². The van der Waals surface area contributed by atoms with Gasteiger partial charge in [-0.3, -0.25) is 4.79 Å². The number of amides is 1. The summed E-state index contributed by atoms with van der Waals surface area (Å²) in [4.78, 5) is 11.8. The van der Waals surface area contributed by atoms with Crippen LogP contribution in [0.2, 0.25) is 0 Å². The Labute approximate surface area is 108 Å². The van der Waals surface area contributed by atoms with Gasteiger partial charge in [-0.1, -0.05) is 13.8 Å². The number of benzene rings is 1. The van der Waals surface area contributed by atoms with E-state index in [1.807, 2.05) is 13.8 Å². The van der Waals surface area contributed by atoms with E-state index in [0.717, 1.165) is 12.2 Å². The number of nitrogens with one attached hydrogen (secondary N) is 1. The first-order valence-corrected chi connectivity index (χ1v) is 6.35. The van der Waals surface area contributed by atoms with Gasteiger partial charge in [-0.25, -0.2) is 0 Å². The van der Waals surface area contributed by atoms with Crippen LogP contribution >= 0.6 is 0 Å². The van der Waals surface area contributed by atoms with E-state index < -0.39 is 0 Å². The molecule has 0 aliphatic rings. The molecule has 1 rings (SSSR count). The molecule has 0 radical (unpaired) electrons. The molecule has 2 N–H and O–H groups in total. The molecular weight excluding hydrogens is 230 g/mol. The average molecular weight is 251 g/mol. The largest absolute Gasteiger partial charge is 0.494 e. The predicted octanol–water partition coefficient (Wildman–Crippen LogP) is 1.98. The summed E-state index contributed by atoms with van der Waals surface area (Å²) < 4.78 is 5.44. The van der Waals surface area contributed by atoms with Crippen molar-refractivity contribution in [3.63, 3.8) is 0 Å². The van der Waals surface area contributed by atoms with Crippen LogP contribution in [-0.2, 0) is 0 Å². The van der Waals surface area contributed by atoms with Gasteiger partial charge in [-0.05, 0) is 37.1 Å². The van der Waals surface area contributed by atoms with Crippen molar-refractivity contribution >= 4 is 5.91 Å². The zero-order valence-corrected chi connectivity index (χ0v) is 11.0. The minimum absolute atomic E-state index is 0.0417. The molecule has 0 saturated heterocycles. The summed E-state index contributed by atoms with van der Waals surface area (Å²) >= 11 is 0. The summed E-state index contributed by atoms with van der Waals surface area (Å²) in [5, 5.41) is 11.8. The first-order valence-electron chi connectivity index (χ1n) is 6.35. The molecule has 18 heavy (non-hydrogen) atoms. The molecule has 0 saturated carbocycles. The molecule has 0 aromatic heterocycles. The smallest absolute Gasteiger partial charge is 0.251 e. The van der Waals surface area contributed by atoms with Crippen LogP contribution in [0.1, 0.15) is 37.0 Å². The van der Waals surface area contributed by atoms with E-state index in [1.54, 1.807) is 24.3 Å². The molecule has 1 aromatic carbocycles. The lowest BCUT2D eigenvalue weighted by Gasteiger charge is -2.14. The van der Waals surface area contributed by atoms with Gasteiger partial charge in [0.25, 0.3) is 5.91 Å². The Morgan fingerprint density at radius 2 is 2.00 bits per heavy atom. The van der Waals surface area contributed by atoms with E-state index in [9.17, 15) is 4.79 Å². The molecule has 4 heteroatoms. The highest BCUT2D eigenvalue weighted by Crippen LogP contribution is 2.12. The van der Waals surface area contributed by atoms with Crippen molar-refractivity contribution in [2.45, 2.75) is 32.7 Å². The summed E-state index contributed by atoms with van der Waals surface area (Å²) in [5.41, 5.74) is 0.575. The van der Waals surface area contributed by atoms with E-state index in [-0.39, 0.29) is 18.6 Å². The lowest BCUT2D eigenvalue weighted by atomic mass is 10.1. The highest BCUT2D eigenvalue weighted by Gasteiger charge is 2.10. The van der Waals surface area contributed by atoms with Crippen LogP contribution in [0.25, 0.3) is 0 Å². The quantitative estimate of drug-likeness (QED) is 0.779. The van der Waals surface area contributed by atoms with Crippen LogP contribution in [0, 0.1) is 0 Å². The fraction of sp³-hybridized carbons (Fsp3) is 0.500. The second-order valence-corrected chi connectivity index (χ2v) is 4.13. The Kier molecular flexibility index (Phi) is 6.22. The van der Waals surface area contributed by atoms with Crippen molar-refractivity contribution in [3.05, 3.63) is 29.8 Å². The monoisotopic (exact) mass is 251 g/mol. The molecule has 0 aliphatic carbocycles. The summed E-state index contributed by atoms with van der Waals surface area (Å²) in [6.45, 7) is 4.60. The Morgan fingerprint density at radius 1 is 1.33 bits per heavy atom. The minimum Gasteiger partial charge on any atom is -0.494 e. The van der Waals surface area contributed by atoms with E-state index in [2.05, 4.69) is 5.32 Å². The fourth-order valence-electron chi connectivity index (χ4n) is 1.47. The van der Waals surface area contributed by atoms with Gasteiger partial charge in [0, 0.05) is 5.56 Å². The van der Waals surface area contributed by atoms with Gasteiger partial charge < -0.3 is 15.2 Å². The molecule has 1 atom stereocenters. The van der Waals surface area contributed by atoms with Crippen molar-refractivity contribution in [2.75, 3.05) is 13.2 Å². The lowest BCUT2D eigenvalue weighted by Crippen LogP contribution is -2.36. The van der Waals surface area contributed by atoms with E-state index in [1.165, 1.54) is 0 Å². The minimum atomic E-state index is -0.187. The van der Waals surface area contributed by atoms with Gasteiger partial charge in [-0.2, -0.15) is 0 Å². The number of aliphatic hydroxyl groups is 1. The molecule has 0 bridgehead atoms. The number of hydrogen-bond acceptors (Lipinski definition) is 3. The molecule has 0 spiro atoms.